The molecule has 15 aromatic carbocycles. The van der Waals surface area contributed by atoms with Crippen LogP contribution in [0.3, 0.4) is 0 Å². The van der Waals surface area contributed by atoms with Crippen LogP contribution in [0.5, 0.6) is 0 Å². The molecule has 20 aromatic rings. The molecular weight excluding hydrogens is 1630 g/mol. The van der Waals surface area contributed by atoms with Crippen molar-refractivity contribution < 1.29 is 0 Å². The summed E-state index contributed by atoms with van der Waals surface area (Å²) in [6.07, 6.45) is 0. The summed E-state index contributed by atoms with van der Waals surface area (Å²) >= 11 is 9.13. The highest BCUT2D eigenvalue weighted by Crippen LogP contribution is 2.42. The molecule has 0 amide bonds. The van der Waals surface area contributed by atoms with Crippen LogP contribution < -0.4 is 0 Å². The minimum absolute atomic E-state index is 0.208. The molecule has 0 nitrogen and oxygen atoms in total. The maximum Gasteiger partial charge on any atom is 0.0380 e. The molecule has 0 aliphatic heterocycles. The van der Waals surface area contributed by atoms with Gasteiger partial charge in [-0.2, -0.15) is 0 Å². The molecule has 127 heavy (non-hydrogen) atoms. The van der Waals surface area contributed by atoms with E-state index in [4.69, 9.17) is 0 Å². The smallest absolute Gasteiger partial charge is 0.0380 e. The number of fused-ring (bicyclic) bond motifs is 6. The molecule has 0 radical (unpaired) electrons. The van der Waals surface area contributed by atoms with Crippen LogP contribution in [0.25, 0.3) is 128 Å². The van der Waals surface area contributed by atoms with Gasteiger partial charge in [-0.25, -0.2) is 0 Å². The molecule has 0 aliphatic rings. The van der Waals surface area contributed by atoms with Gasteiger partial charge in [0.1, 0.15) is 0 Å². The topological polar surface area (TPSA) is 0 Å². The first-order chi connectivity index (χ1) is 61.0. The lowest BCUT2D eigenvalue weighted by atomic mass is 9.82. The highest BCUT2D eigenvalue weighted by Gasteiger charge is 2.21. The van der Waals surface area contributed by atoms with Crippen LogP contribution >= 0.6 is 56.7 Å². The average molecular weight is 1750 g/mol. The maximum absolute atomic E-state index is 2.38. The lowest BCUT2D eigenvalue weighted by Crippen LogP contribution is -2.12. The van der Waals surface area contributed by atoms with E-state index in [-0.39, 0.29) is 10.8 Å². The molecule has 5 aromatic heterocycles. The molecule has 0 unspecified atom stereocenters. The quantitative estimate of drug-likeness (QED) is 0.149. The molecule has 5 heteroatoms. The third-order valence-electron chi connectivity index (χ3n) is 23.8. The minimum Gasteiger partial charge on any atom is -0.144 e. The van der Waals surface area contributed by atoms with Crippen LogP contribution in [0.15, 0.2) is 348 Å². The van der Waals surface area contributed by atoms with E-state index < -0.39 is 0 Å². The molecule has 0 aliphatic carbocycles. The summed E-state index contributed by atoms with van der Waals surface area (Å²) in [5.74, 6) is 0.564. The average Bonchev–Trinajstić information content (AvgIpc) is 1.70. The molecule has 0 atom stereocenters. The fourth-order valence-electron chi connectivity index (χ4n) is 16.9. The predicted octanol–water partition coefficient (Wildman–Crippen LogP) is 38.4. The van der Waals surface area contributed by atoms with Crippen molar-refractivity contribution in [2.45, 2.75) is 162 Å². The van der Waals surface area contributed by atoms with Gasteiger partial charge in [0.25, 0.3) is 0 Å². The summed E-state index contributed by atoms with van der Waals surface area (Å²) in [5.41, 5.74) is 38.5. The highest BCUT2D eigenvalue weighted by molar-refractivity contribution is 7.18. The van der Waals surface area contributed by atoms with E-state index in [0.29, 0.717) is 5.92 Å². The molecule has 20 rings (SSSR count). The summed E-state index contributed by atoms with van der Waals surface area (Å²) < 4.78 is 7.06. The lowest BCUT2D eigenvalue weighted by molar-refractivity contribution is 0.589. The molecule has 0 N–H and O–H groups in total. The van der Waals surface area contributed by atoms with E-state index >= 15 is 0 Å². The third kappa shape index (κ3) is 23.2. The Morgan fingerprint density at radius 2 is 0.614 bits per heavy atom. The van der Waals surface area contributed by atoms with Crippen LogP contribution in [-0.2, 0) is 10.8 Å². The Kier molecular flexibility index (Phi) is 31.0. The SMILES string of the molecule is Cc1c(-c2ccccc2)ccc2ccsc12.Cc1c(C(C)C)cc(-c2ccccc2)c2ccsc12.Cc1cc(-c2ccccc2)cc2ccsc12.Cc1ccc(-c2ccccc2)c2ccsc12.Cc1ccc2cc(C)ccc2c1.Cc1cccc(-c2c(C)cc(C(C)(C)C)cc2C)c1.Cc1cccc2ccsc12.Cc1ccccc1-c1c(C)cc(C(C)(C)C)cc1C. The van der Waals surface area contributed by atoms with Gasteiger partial charge in [-0.1, -0.05) is 345 Å². The maximum atomic E-state index is 2.38. The highest BCUT2D eigenvalue weighted by atomic mass is 32.1. The van der Waals surface area contributed by atoms with Crippen molar-refractivity contribution in [1.82, 2.24) is 0 Å². The Labute approximate surface area is 777 Å². The Bertz CT molecular complexity index is 6970. The van der Waals surface area contributed by atoms with Crippen LogP contribution in [0.1, 0.15) is 150 Å². The molecule has 5 heterocycles. The van der Waals surface area contributed by atoms with Crippen LogP contribution in [0.2, 0.25) is 0 Å². The molecule has 0 bridgehead atoms. The molecule has 0 fully saturated rings. The zero-order chi connectivity index (χ0) is 90.2. The summed E-state index contributed by atoms with van der Waals surface area (Å²) in [4.78, 5) is 0. The van der Waals surface area contributed by atoms with E-state index in [1.165, 1.54) is 217 Å². The molecular formula is C122H122S5. The van der Waals surface area contributed by atoms with Crippen molar-refractivity contribution >= 4 is 118 Å². The zero-order valence-corrected chi connectivity index (χ0v) is 82.2. The summed E-state index contributed by atoms with van der Waals surface area (Å²) in [6, 6.07) is 115. The van der Waals surface area contributed by atoms with Crippen molar-refractivity contribution in [2.24, 2.45) is 0 Å². The minimum atomic E-state index is 0.208. The van der Waals surface area contributed by atoms with Gasteiger partial charge in [0.05, 0.1) is 0 Å². The number of hydrogen-bond donors (Lipinski definition) is 0. The standard InChI is InChI=1S/2C19H24.C18H18S.3C15H12S.C12H12.C9H8S/c1-13-8-7-9-16(10-13)18-14(2)11-17(12-15(18)3)19(4,5)6;1-13-9-7-8-10-17(13)18-14(2)11-16(12-15(18)3)19(4,5)6;1-12(2)16-11-17(14-7-5-4-6-8-14)15-9-10-19-18(15)13(16)3;1-11-9-14(12-5-3-2-4-6-12)10-13-7-8-16-15(11)13;1-11-14(12-5-3-2-4-6-12)8-7-13-9-10-16-15(11)13;1-11-7-8-13(12-5-3-2-4-6-12)14-9-10-16-15(11)14;1-9-3-5-12-8-10(2)4-6-11(12)7-9;1-7-3-2-4-8-5-6-10-9(7)8/h2*7-12H,1-6H3;4-12H,1-3H3;3*2-10H,1H3;3-8H,1-2H3;2-6H,1H3. The largest absolute Gasteiger partial charge is 0.144 e. The Hall–Kier alpha value is -11.6. The fourth-order valence-corrected chi connectivity index (χ4v) is 21.4. The van der Waals surface area contributed by atoms with E-state index in [1.807, 2.05) is 56.7 Å². The van der Waals surface area contributed by atoms with Gasteiger partial charge in [-0.15, -0.1) is 56.7 Å². The van der Waals surface area contributed by atoms with Crippen LogP contribution in [-0.4, -0.2) is 0 Å². The van der Waals surface area contributed by atoms with Crippen molar-refractivity contribution in [3.63, 3.8) is 0 Å². The molecule has 640 valence electrons. The normalized spacial score (nSPS) is 11.1. The molecule has 0 spiro atoms. The second-order valence-electron chi connectivity index (χ2n) is 36.1. The number of thiophene rings is 5. The first kappa shape index (κ1) is 93.0. The second kappa shape index (κ2) is 42.3. The summed E-state index contributed by atoms with van der Waals surface area (Å²) in [5, 5.41) is 20.3. The van der Waals surface area contributed by atoms with Crippen molar-refractivity contribution in [1.29, 1.82) is 0 Å². The Balaban J connectivity index is 0.000000125. The van der Waals surface area contributed by atoms with Gasteiger partial charge in [-0.05, 0) is 348 Å². The fraction of sp³-hybridized carbons (Fsp3) is 0.197. The van der Waals surface area contributed by atoms with Gasteiger partial charge in [-0.3, -0.25) is 0 Å². The Morgan fingerprint density at radius 3 is 1.14 bits per heavy atom. The summed E-state index contributed by atoms with van der Waals surface area (Å²) in [7, 11) is 0. The number of rotatable bonds is 7. The van der Waals surface area contributed by atoms with Crippen molar-refractivity contribution in [2.75, 3.05) is 0 Å². The zero-order valence-electron chi connectivity index (χ0n) is 78.1. The van der Waals surface area contributed by atoms with Gasteiger partial charge in [0, 0.05) is 34.3 Å². The second-order valence-corrected chi connectivity index (χ2v) is 40.7. The van der Waals surface area contributed by atoms with Gasteiger partial charge in [0.2, 0.25) is 0 Å². The number of aryl methyl sites for hydroxylation is 13. The summed E-state index contributed by atoms with van der Waals surface area (Å²) in [6.45, 7) is 46.6. The first-order valence-electron chi connectivity index (χ1n) is 44.4. The first-order valence-corrected chi connectivity index (χ1v) is 48.8. The van der Waals surface area contributed by atoms with E-state index in [1.54, 1.807) is 0 Å². The third-order valence-corrected chi connectivity index (χ3v) is 29.0. The van der Waals surface area contributed by atoms with Gasteiger partial charge in [0.15, 0.2) is 0 Å². The van der Waals surface area contributed by atoms with Crippen LogP contribution in [0.4, 0.5) is 0 Å². The van der Waals surface area contributed by atoms with E-state index in [0.717, 1.165) is 0 Å². The number of benzene rings is 15. The van der Waals surface area contributed by atoms with Gasteiger partial charge >= 0.3 is 0 Å². The monoisotopic (exact) mass is 1750 g/mol. The number of hydrogen-bond acceptors (Lipinski definition) is 5. The molecule has 0 saturated carbocycles. The van der Waals surface area contributed by atoms with E-state index in [2.05, 4.69) is 494 Å². The van der Waals surface area contributed by atoms with Crippen molar-refractivity contribution in [3.05, 3.63) is 437 Å². The van der Waals surface area contributed by atoms with Crippen LogP contribution in [0, 0.1) is 90.0 Å². The van der Waals surface area contributed by atoms with Crippen molar-refractivity contribution in [3.8, 4) is 66.8 Å². The van der Waals surface area contributed by atoms with Gasteiger partial charge < -0.3 is 0 Å². The lowest BCUT2D eigenvalue weighted by Gasteiger charge is -2.23. The predicted molar refractivity (Wildman–Crippen MR) is 572 cm³/mol. The van der Waals surface area contributed by atoms with E-state index in [9.17, 15) is 0 Å². The Morgan fingerprint density at radius 1 is 0.213 bits per heavy atom. The molecule has 0 saturated heterocycles.